The van der Waals surface area contributed by atoms with Gasteiger partial charge < -0.3 is 15.7 Å². The average molecular weight is 377 g/mol. The van der Waals surface area contributed by atoms with Gasteiger partial charge in [-0.3, -0.25) is 14.0 Å². The number of hydrogen-bond acceptors (Lipinski definition) is 5. The molecular weight excluding hydrogens is 354 g/mol. The first-order valence-electron chi connectivity index (χ1n) is 8.61. The Morgan fingerprint density at radius 1 is 1.22 bits per heavy atom. The molecule has 0 aliphatic carbocycles. The Bertz CT molecular complexity index is 885. The average Bonchev–Trinajstić information content (AvgIpc) is 2.93. The molecule has 3 N–H and O–H groups in total. The number of hydrogen-bond donors (Lipinski definition) is 3. The number of nitrogens with zero attached hydrogens (tertiary/aromatic N) is 3. The number of fused-ring (bicyclic) bond motifs is 1. The third kappa shape index (κ3) is 5.66. The summed E-state index contributed by atoms with van der Waals surface area (Å²) in [4.78, 5) is 46.9. The number of rotatable bonds is 9. The minimum Gasteiger partial charge on any atom is -0.480 e. The van der Waals surface area contributed by atoms with Gasteiger partial charge in [0.25, 0.3) is 0 Å². The number of carboxylic acid groups (broad SMARTS) is 1. The lowest BCUT2D eigenvalue weighted by Gasteiger charge is -2.16. The fourth-order valence-electron chi connectivity index (χ4n) is 2.53. The van der Waals surface area contributed by atoms with Crippen molar-refractivity contribution in [1.82, 2.24) is 24.8 Å². The molecular formula is C17H23N5O5. The van der Waals surface area contributed by atoms with Crippen LogP contribution in [0.2, 0.25) is 0 Å². The molecule has 2 amide bonds. The Labute approximate surface area is 155 Å². The highest BCUT2D eigenvalue weighted by molar-refractivity contribution is 5.87. The van der Waals surface area contributed by atoms with Gasteiger partial charge in [-0.05, 0) is 24.5 Å². The standard InChI is InChI=1S/C17H23N5O5/c1-11(2)9-12(16(25)26)19-15(24)10-18-14(23)6-8-22-17(27)21-7-4-3-5-13(21)20-22/h3-5,7,11-12H,6,8-10H2,1-2H3,(H,18,23)(H,19,24)(H,25,26)/t12-/m0/s1. The number of aliphatic carboxylic acids is 1. The van der Waals surface area contributed by atoms with Gasteiger partial charge in [0, 0.05) is 12.6 Å². The summed E-state index contributed by atoms with van der Waals surface area (Å²) in [7, 11) is 0. The second kappa shape index (κ2) is 8.97. The number of carbonyl (C=O) groups excluding carboxylic acids is 2. The van der Waals surface area contributed by atoms with Crippen LogP contribution in [-0.2, 0) is 20.9 Å². The van der Waals surface area contributed by atoms with Crippen molar-refractivity contribution in [3.05, 3.63) is 34.9 Å². The van der Waals surface area contributed by atoms with Gasteiger partial charge >= 0.3 is 11.7 Å². The normalized spacial score (nSPS) is 12.1. The predicted molar refractivity (Wildman–Crippen MR) is 96.1 cm³/mol. The van der Waals surface area contributed by atoms with E-state index in [2.05, 4.69) is 15.7 Å². The smallest absolute Gasteiger partial charge is 0.350 e. The van der Waals surface area contributed by atoms with E-state index in [1.165, 1.54) is 9.08 Å². The molecule has 0 aromatic carbocycles. The van der Waals surface area contributed by atoms with Gasteiger partial charge in [-0.15, -0.1) is 5.10 Å². The summed E-state index contributed by atoms with van der Waals surface area (Å²) in [6.07, 6.45) is 1.85. The molecule has 0 saturated heterocycles. The molecule has 27 heavy (non-hydrogen) atoms. The van der Waals surface area contributed by atoms with Gasteiger partial charge in [0.15, 0.2) is 5.65 Å². The molecule has 0 bridgehead atoms. The molecule has 146 valence electrons. The van der Waals surface area contributed by atoms with Crippen molar-refractivity contribution in [3.63, 3.8) is 0 Å². The first-order valence-corrected chi connectivity index (χ1v) is 8.61. The van der Waals surface area contributed by atoms with Crippen LogP contribution in [0.4, 0.5) is 0 Å². The van der Waals surface area contributed by atoms with Crippen LogP contribution in [0, 0.1) is 5.92 Å². The SMILES string of the molecule is CC(C)C[C@H](NC(=O)CNC(=O)CCn1nc2ccccn2c1=O)C(=O)O. The van der Waals surface area contributed by atoms with Gasteiger partial charge in [-0.25, -0.2) is 14.3 Å². The van der Waals surface area contributed by atoms with Crippen molar-refractivity contribution in [1.29, 1.82) is 0 Å². The molecule has 0 saturated carbocycles. The maximum Gasteiger partial charge on any atom is 0.350 e. The van der Waals surface area contributed by atoms with E-state index >= 15 is 0 Å². The molecule has 1 atom stereocenters. The lowest BCUT2D eigenvalue weighted by molar-refractivity contribution is -0.142. The van der Waals surface area contributed by atoms with Crippen molar-refractivity contribution < 1.29 is 19.5 Å². The number of aryl methyl sites for hydroxylation is 1. The van der Waals surface area contributed by atoms with Crippen molar-refractivity contribution in [2.24, 2.45) is 5.92 Å². The van der Waals surface area contributed by atoms with E-state index in [-0.39, 0.29) is 31.1 Å². The monoisotopic (exact) mass is 377 g/mol. The number of nitrogens with one attached hydrogen (secondary N) is 2. The predicted octanol–water partition coefficient (Wildman–Crippen LogP) is -0.382. The van der Waals surface area contributed by atoms with E-state index in [1.54, 1.807) is 24.4 Å². The van der Waals surface area contributed by atoms with Crippen LogP contribution < -0.4 is 16.3 Å². The molecule has 0 unspecified atom stereocenters. The Morgan fingerprint density at radius 2 is 1.96 bits per heavy atom. The van der Waals surface area contributed by atoms with Crippen LogP contribution in [0.5, 0.6) is 0 Å². The van der Waals surface area contributed by atoms with Crippen LogP contribution in [-0.4, -0.2) is 49.7 Å². The third-order valence-corrected chi connectivity index (χ3v) is 3.83. The van der Waals surface area contributed by atoms with Crippen molar-refractivity contribution in [2.45, 2.75) is 39.3 Å². The fraction of sp³-hybridized carbons (Fsp3) is 0.471. The molecule has 2 heterocycles. The summed E-state index contributed by atoms with van der Waals surface area (Å²) in [6.45, 7) is 3.44. The molecule has 0 fully saturated rings. The van der Waals surface area contributed by atoms with Crippen LogP contribution in [0.25, 0.3) is 5.65 Å². The maximum absolute atomic E-state index is 12.1. The third-order valence-electron chi connectivity index (χ3n) is 3.83. The number of carbonyl (C=O) groups is 3. The molecule has 0 spiro atoms. The maximum atomic E-state index is 12.1. The number of aromatic nitrogens is 3. The molecule has 0 radical (unpaired) electrons. The molecule has 0 aliphatic rings. The van der Waals surface area contributed by atoms with E-state index in [1.807, 2.05) is 13.8 Å². The van der Waals surface area contributed by atoms with Gasteiger partial charge in [0.2, 0.25) is 11.8 Å². The molecule has 2 rings (SSSR count). The topological polar surface area (TPSA) is 135 Å². The largest absolute Gasteiger partial charge is 0.480 e. The van der Waals surface area contributed by atoms with E-state index in [4.69, 9.17) is 5.11 Å². The Balaban J connectivity index is 1.81. The van der Waals surface area contributed by atoms with E-state index in [0.29, 0.717) is 12.1 Å². The zero-order chi connectivity index (χ0) is 20.0. The summed E-state index contributed by atoms with van der Waals surface area (Å²) < 4.78 is 2.55. The summed E-state index contributed by atoms with van der Waals surface area (Å²) in [5.74, 6) is -2.04. The van der Waals surface area contributed by atoms with Gasteiger partial charge in [0.1, 0.15) is 6.04 Å². The van der Waals surface area contributed by atoms with Gasteiger partial charge in [0.05, 0.1) is 13.1 Å². The van der Waals surface area contributed by atoms with E-state index < -0.39 is 23.8 Å². The summed E-state index contributed by atoms with van der Waals surface area (Å²) in [5, 5.41) is 18.0. The highest BCUT2D eigenvalue weighted by Crippen LogP contribution is 2.04. The van der Waals surface area contributed by atoms with Crippen LogP contribution in [0.1, 0.15) is 26.7 Å². The Kier molecular flexibility index (Phi) is 6.69. The summed E-state index contributed by atoms with van der Waals surface area (Å²) in [5.41, 5.74) is 0.126. The first kappa shape index (κ1) is 20.1. The lowest BCUT2D eigenvalue weighted by Crippen LogP contribution is -2.46. The van der Waals surface area contributed by atoms with Gasteiger partial charge in [-0.2, -0.15) is 0 Å². The minimum absolute atomic E-state index is 0.0363. The molecule has 0 aliphatic heterocycles. The number of carboxylic acids is 1. The Hall–Kier alpha value is -3.17. The second-order valence-electron chi connectivity index (χ2n) is 6.55. The zero-order valence-corrected chi connectivity index (χ0v) is 15.2. The van der Waals surface area contributed by atoms with Crippen molar-refractivity contribution in [2.75, 3.05) is 6.54 Å². The second-order valence-corrected chi connectivity index (χ2v) is 6.55. The summed E-state index contributed by atoms with van der Waals surface area (Å²) in [6, 6.07) is 4.14. The summed E-state index contributed by atoms with van der Waals surface area (Å²) >= 11 is 0. The molecule has 10 nitrogen and oxygen atoms in total. The van der Waals surface area contributed by atoms with Crippen LogP contribution in [0.15, 0.2) is 29.2 Å². The van der Waals surface area contributed by atoms with E-state index in [0.717, 1.165) is 0 Å². The Morgan fingerprint density at radius 3 is 2.59 bits per heavy atom. The highest BCUT2D eigenvalue weighted by atomic mass is 16.4. The van der Waals surface area contributed by atoms with E-state index in [9.17, 15) is 19.2 Å². The van der Waals surface area contributed by atoms with Crippen molar-refractivity contribution in [3.8, 4) is 0 Å². The number of amides is 2. The van der Waals surface area contributed by atoms with Crippen LogP contribution in [0.3, 0.4) is 0 Å². The molecule has 10 heteroatoms. The zero-order valence-electron chi connectivity index (χ0n) is 15.2. The lowest BCUT2D eigenvalue weighted by atomic mass is 10.0. The van der Waals surface area contributed by atoms with Crippen LogP contribution >= 0.6 is 0 Å². The first-order chi connectivity index (χ1) is 12.8. The number of pyridine rings is 1. The molecule has 2 aromatic rings. The fourth-order valence-corrected chi connectivity index (χ4v) is 2.53. The quantitative estimate of drug-likeness (QED) is 0.545. The highest BCUT2D eigenvalue weighted by Gasteiger charge is 2.21. The minimum atomic E-state index is -1.12. The van der Waals surface area contributed by atoms with Crippen molar-refractivity contribution >= 4 is 23.4 Å². The van der Waals surface area contributed by atoms with Gasteiger partial charge in [-0.1, -0.05) is 19.9 Å². The molecule has 2 aromatic heterocycles.